The number of methoxy groups -OCH3 is 3. The Balaban J connectivity index is 2.35. The van der Waals surface area contributed by atoms with Crippen molar-refractivity contribution in [3.05, 3.63) is 59.2 Å². The fourth-order valence-electron chi connectivity index (χ4n) is 2.12. The van der Waals surface area contributed by atoms with Gasteiger partial charge in [0.2, 0.25) is 0 Å². The van der Waals surface area contributed by atoms with Crippen LogP contribution in [-0.2, 0) is 9.47 Å². The zero-order valence-electron chi connectivity index (χ0n) is 14.0. The monoisotopic (exact) mass is 343 g/mol. The van der Waals surface area contributed by atoms with Gasteiger partial charge in [-0.1, -0.05) is 0 Å². The predicted molar refractivity (Wildman–Crippen MR) is 90.1 cm³/mol. The minimum atomic E-state index is -0.638. The van der Waals surface area contributed by atoms with Crippen LogP contribution in [0.15, 0.2) is 42.5 Å². The molecule has 0 aliphatic heterocycles. The maximum atomic E-state index is 12.4. The van der Waals surface area contributed by atoms with E-state index >= 15 is 0 Å². The summed E-state index contributed by atoms with van der Waals surface area (Å²) in [5.74, 6) is -1.06. The molecule has 2 rings (SSSR count). The molecule has 0 heterocycles. The van der Waals surface area contributed by atoms with E-state index in [1.54, 1.807) is 24.3 Å². The van der Waals surface area contributed by atoms with Crippen molar-refractivity contribution >= 4 is 23.5 Å². The molecule has 0 spiro atoms. The van der Waals surface area contributed by atoms with E-state index in [0.717, 1.165) is 0 Å². The molecule has 0 bridgehead atoms. The highest BCUT2D eigenvalue weighted by Crippen LogP contribution is 2.21. The first-order valence-electron chi connectivity index (χ1n) is 7.26. The summed E-state index contributed by atoms with van der Waals surface area (Å²) in [6.45, 7) is 0. The molecule has 0 unspecified atom stereocenters. The van der Waals surface area contributed by atoms with Gasteiger partial charge in [0.15, 0.2) is 0 Å². The standard InChI is InChI=1S/C18H17NO6/c1-23-13-7-4-11(5-8-13)16(20)19-15-10-12(17(21)24-2)6-9-14(15)18(22)25-3/h4-10H,1-3H3,(H,19,20). The number of rotatable bonds is 5. The van der Waals surface area contributed by atoms with E-state index in [1.807, 2.05) is 0 Å². The van der Waals surface area contributed by atoms with Gasteiger partial charge < -0.3 is 19.5 Å². The normalized spacial score (nSPS) is 9.88. The molecule has 7 heteroatoms. The minimum Gasteiger partial charge on any atom is -0.497 e. The van der Waals surface area contributed by atoms with Crippen molar-refractivity contribution < 1.29 is 28.6 Å². The molecule has 0 fully saturated rings. The van der Waals surface area contributed by atoms with E-state index < -0.39 is 17.8 Å². The van der Waals surface area contributed by atoms with Gasteiger partial charge in [-0.25, -0.2) is 9.59 Å². The van der Waals surface area contributed by atoms with Gasteiger partial charge in [0.05, 0.1) is 38.1 Å². The Morgan fingerprint density at radius 3 is 1.96 bits per heavy atom. The van der Waals surface area contributed by atoms with Crippen LogP contribution in [0.1, 0.15) is 31.1 Å². The van der Waals surface area contributed by atoms with Crippen molar-refractivity contribution in [2.45, 2.75) is 0 Å². The molecule has 0 aromatic heterocycles. The Morgan fingerprint density at radius 1 is 0.800 bits per heavy atom. The molecule has 0 radical (unpaired) electrons. The molecule has 0 saturated carbocycles. The maximum Gasteiger partial charge on any atom is 0.339 e. The van der Waals surface area contributed by atoms with Crippen molar-refractivity contribution in [1.82, 2.24) is 0 Å². The van der Waals surface area contributed by atoms with Crippen molar-refractivity contribution in [2.75, 3.05) is 26.6 Å². The highest BCUT2D eigenvalue weighted by Gasteiger charge is 2.18. The van der Waals surface area contributed by atoms with Crippen LogP contribution in [0.25, 0.3) is 0 Å². The van der Waals surface area contributed by atoms with E-state index in [4.69, 9.17) is 9.47 Å². The number of benzene rings is 2. The highest BCUT2D eigenvalue weighted by molar-refractivity contribution is 6.09. The number of nitrogens with one attached hydrogen (secondary N) is 1. The van der Waals surface area contributed by atoms with Gasteiger partial charge in [-0.2, -0.15) is 0 Å². The Morgan fingerprint density at radius 2 is 1.40 bits per heavy atom. The van der Waals surface area contributed by atoms with Gasteiger partial charge in [0.25, 0.3) is 5.91 Å². The van der Waals surface area contributed by atoms with Crippen LogP contribution in [0.4, 0.5) is 5.69 Å². The fourth-order valence-corrected chi connectivity index (χ4v) is 2.12. The molecule has 2 aromatic carbocycles. The Labute approximate surface area is 144 Å². The number of esters is 2. The smallest absolute Gasteiger partial charge is 0.339 e. The molecule has 25 heavy (non-hydrogen) atoms. The Bertz CT molecular complexity index is 798. The van der Waals surface area contributed by atoms with Gasteiger partial charge >= 0.3 is 11.9 Å². The predicted octanol–water partition coefficient (Wildman–Crippen LogP) is 2.52. The average Bonchev–Trinajstić information content (AvgIpc) is 2.66. The van der Waals surface area contributed by atoms with Crippen LogP contribution in [0, 0.1) is 0 Å². The zero-order valence-corrected chi connectivity index (χ0v) is 14.0. The van der Waals surface area contributed by atoms with Crippen LogP contribution in [0.3, 0.4) is 0 Å². The topological polar surface area (TPSA) is 90.9 Å². The summed E-state index contributed by atoms with van der Waals surface area (Å²) in [5.41, 5.74) is 0.827. The van der Waals surface area contributed by atoms with E-state index in [0.29, 0.717) is 11.3 Å². The van der Waals surface area contributed by atoms with Gasteiger partial charge in [-0.05, 0) is 42.5 Å². The molecule has 1 N–H and O–H groups in total. The van der Waals surface area contributed by atoms with Crippen molar-refractivity contribution in [2.24, 2.45) is 0 Å². The van der Waals surface area contributed by atoms with E-state index in [2.05, 4.69) is 10.1 Å². The number of hydrogen-bond donors (Lipinski definition) is 1. The zero-order chi connectivity index (χ0) is 18.4. The van der Waals surface area contributed by atoms with E-state index in [1.165, 1.54) is 39.5 Å². The second-order valence-electron chi connectivity index (χ2n) is 4.93. The first-order valence-corrected chi connectivity index (χ1v) is 7.26. The molecular weight excluding hydrogens is 326 g/mol. The minimum absolute atomic E-state index is 0.122. The SMILES string of the molecule is COC(=O)c1ccc(C(=O)OC)c(NC(=O)c2ccc(OC)cc2)c1. The van der Waals surface area contributed by atoms with E-state index in [-0.39, 0.29) is 16.8 Å². The number of carbonyl (C=O) groups is 3. The number of hydrogen-bond acceptors (Lipinski definition) is 6. The third kappa shape index (κ3) is 4.14. The molecule has 0 atom stereocenters. The van der Waals surface area contributed by atoms with Crippen molar-refractivity contribution in [3.8, 4) is 5.75 Å². The summed E-state index contributed by atoms with van der Waals surface area (Å²) in [6.07, 6.45) is 0. The number of anilines is 1. The maximum absolute atomic E-state index is 12.4. The van der Waals surface area contributed by atoms with Crippen LogP contribution < -0.4 is 10.1 Å². The summed E-state index contributed by atoms with van der Waals surface area (Å²) in [6, 6.07) is 10.6. The van der Waals surface area contributed by atoms with Gasteiger partial charge in [-0.3, -0.25) is 4.79 Å². The quantitative estimate of drug-likeness (QED) is 0.839. The van der Waals surface area contributed by atoms with E-state index in [9.17, 15) is 14.4 Å². The summed E-state index contributed by atoms with van der Waals surface area (Å²) >= 11 is 0. The number of ether oxygens (including phenoxy) is 3. The second-order valence-corrected chi connectivity index (χ2v) is 4.93. The Kier molecular flexibility index (Phi) is 5.73. The third-order valence-electron chi connectivity index (χ3n) is 3.45. The van der Waals surface area contributed by atoms with Crippen LogP contribution in [0.2, 0.25) is 0 Å². The Hall–Kier alpha value is -3.35. The highest BCUT2D eigenvalue weighted by atomic mass is 16.5. The molecule has 1 amide bonds. The largest absolute Gasteiger partial charge is 0.497 e. The summed E-state index contributed by atoms with van der Waals surface area (Å²) in [4.78, 5) is 36.0. The lowest BCUT2D eigenvalue weighted by Gasteiger charge is -2.11. The lowest BCUT2D eigenvalue weighted by Crippen LogP contribution is -2.16. The lowest BCUT2D eigenvalue weighted by atomic mass is 10.1. The summed E-state index contributed by atoms with van der Waals surface area (Å²) in [7, 11) is 3.99. The first-order chi connectivity index (χ1) is 12.0. The first kappa shape index (κ1) is 18.0. The van der Waals surface area contributed by atoms with Crippen molar-refractivity contribution in [1.29, 1.82) is 0 Å². The second kappa shape index (κ2) is 7.96. The fraction of sp³-hybridized carbons (Fsp3) is 0.167. The van der Waals surface area contributed by atoms with Crippen LogP contribution >= 0.6 is 0 Å². The molecule has 0 aliphatic rings. The van der Waals surface area contributed by atoms with Crippen molar-refractivity contribution in [3.63, 3.8) is 0 Å². The van der Waals surface area contributed by atoms with Gasteiger partial charge in [-0.15, -0.1) is 0 Å². The molecule has 130 valence electrons. The van der Waals surface area contributed by atoms with Gasteiger partial charge in [0.1, 0.15) is 5.75 Å². The molecule has 2 aromatic rings. The van der Waals surface area contributed by atoms with Crippen LogP contribution in [-0.4, -0.2) is 39.2 Å². The lowest BCUT2D eigenvalue weighted by molar-refractivity contribution is 0.0587. The number of carbonyl (C=O) groups excluding carboxylic acids is 3. The number of amides is 1. The molecule has 0 saturated heterocycles. The van der Waals surface area contributed by atoms with Crippen LogP contribution in [0.5, 0.6) is 5.75 Å². The third-order valence-corrected chi connectivity index (χ3v) is 3.45. The summed E-state index contributed by atoms with van der Waals surface area (Å²) < 4.78 is 14.4. The van der Waals surface area contributed by atoms with Gasteiger partial charge in [0, 0.05) is 5.56 Å². The average molecular weight is 343 g/mol. The summed E-state index contributed by atoms with van der Waals surface area (Å²) in [5, 5.41) is 2.61. The molecular formula is C18H17NO6. The molecule has 0 aliphatic carbocycles. The molecule has 7 nitrogen and oxygen atoms in total.